The summed E-state index contributed by atoms with van der Waals surface area (Å²) in [4.78, 5) is 11.2. The zero-order valence-corrected chi connectivity index (χ0v) is 10.7. The average molecular weight is 222 g/mol. The van der Waals surface area contributed by atoms with Crippen molar-refractivity contribution in [3.05, 3.63) is 0 Å². The number of rotatable bonds is 2. The summed E-state index contributed by atoms with van der Waals surface area (Å²) in [6.45, 7) is 9.01. The molecule has 1 rings (SSSR count). The van der Waals surface area contributed by atoms with Crippen LogP contribution in [-0.2, 0) is 4.79 Å². The van der Waals surface area contributed by atoms with E-state index in [1.807, 2.05) is 6.92 Å². The van der Waals surface area contributed by atoms with Crippen LogP contribution in [0.2, 0.25) is 0 Å². The van der Waals surface area contributed by atoms with Crippen molar-refractivity contribution in [2.24, 2.45) is 5.41 Å². The molecule has 1 aliphatic heterocycles. The van der Waals surface area contributed by atoms with E-state index < -0.39 is 0 Å². The van der Waals surface area contributed by atoms with Gasteiger partial charge in [-0.15, -0.1) is 0 Å². The van der Waals surface area contributed by atoms with Crippen molar-refractivity contribution in [3.8, 4) is 11.8 Å². The topological polar surface area (TPSA) is 41.1 Å². The molecular formula is C13H22N2O. The smallest absolute Gasteiger partial charge is 0.219 e. The predicted molar refractivity (Wildman–Crippen MR) is 65.9 cm³/mol. The van der Waals surface area contributed by atoms with E-state index in [0.29, 0.717) is 6.42 Å². The summed E-state index contributed by atoms with van der Waals surface area (Å²) in [6, 6.07) is 0.466. The third-order valence-corrected chi connectivity index (χ3v) is 2.44. The average Bonchev–Trinajstić information content (AvgIpc) is 2.61. The number of carbonyl (C=O) groups is 1. The highest BCUT2D eigenvalue weighted by molar-refractivity contribution is 5.75. The van der Waals surface area contributed by atoms with Crippen molar-refractivity contribution < 1.29 is 4.79 Å². The van der Waals surface area contributed by atoms with Gasteiger partial charge in [-0.25, -0.2) is 0 Å². The van der Waals surface area contributed by atoms with Crippen molar-refractivity contribution in [1.29, 1.82) is 0 Å². The van der Waals surface area contributed by atoms with Gasteiger partial charge in [0.15, 0.2) is 0 Å². The molecule has 0 aliphatic carbocycles. The summed E-state index contributed by atoms with van der Waals surface area (Å²) in [5, 5.41) is 6.31. The van der Waals surface area contributed by atoms with Gasteiger partial charge in [-0.2, -0.15) is 0 Å². The number of nitrogens with one attached hydrogen (secondary N) is 2. The van der Waals surface area contributed by atoms with E-state index in [1.165, 1.54) is 0 Å². The van der Waals surface area contributed by atoms with Crippen LogP contribution in [0, 0.1) is 17.3 Å². The second-order valence-corrected chi connectivity index (χ2v) is 5.33. The van der Waals surface area contributed by atoms with Gasteiger partial charge in [0.2, 0.25) is 5.91 Å². The maximum absolute atomic E-state index is 11.2. The van der Waals surface area contributed by atoms with Gasteiger partial charge in [-0.05, 0) is 27.2 Å². The van der Waals surface area contributed by atoms with E-state index in [9.17, 15) is 4.79 Å². The third kappa shape index (κ3) is 4.67. The Labute approximate surface area is 98.4 Å². The van der Waals surface area contributed by atoms with Gasteiger partial charge >= 0.3 is 0 Å². The quantitative estimate of drug-likeness (QED) is 0.691. The third-order valence-electron chi connectivity index (χ3n) is 2.44. The minimum absolute atomic E-state index is 0.0480. The summed E-state index contributed by atoms with van der Waals surface area (Å²) in [5.74, 6) is 6.58. The highest BCUT2D eigenvalue weighted by Gasteiger charge is 2.23. The van der Waals surface area contributed by atoms with Gasteiger partial charge in [0.05, 0.1) is 6.04 Å². The Kier molecular flexibility index (Phi) is 4.37. The molecule has 1 aliphatic rings. The molecule has 16 heavy (non-hydrogen) atoms. The first-order valence-electron chi connectivity index (χ1n) is 5.96. The molecule has 2 atom stereocenters. The predicted octanol–water partition coefficient (Wildman–Crippen LogP) is 1.29. The summed E-state index contributed by atoms with van der Waals surface area (Å²) in [5.41, 5.74) is 0.0480. The monoisotopic (exact) mass is 222 g/mol. The van der Waals surface area contributed by atoms with Gasteiger partial charge in [0.1, 0.15) is 0 Å². The Bertz CT molecular complexity index is 306. The van der Waals surface area contributed by atoms with Crippen molar-refractivity contribution in [2.75, 3.05) is 6.54 Å². The van der Waals surface area contributed by atoms with E-state index in [4.69, 9.17) is 0 Å². The van der Waals surface area contributed by atoms with Gasteiger partial charge in [0.25, 0.3) is 0 Å². The summed E-state index contributed by atoms with van der Waals surface area (Å²) in [6.07, 6.45) is 1.46. The van der Waals surface area contributed by atoms with Crippen LogP contribution in [-0.4, -0.2) is 24.5 Å². The lowest BCUT2D eigenvalue weighted by molar-refractivity contribution is -0.121. The van der Waals surface area contributed by atoms with Crippen LogP contribution in [0.5, 0.6) is 0 Å². The molecule has 90 valence electrons. The lowest BCUT2D eigenvalue weighted by atomic mass is 9.97. The summed E-state index contributed by atoms with van der Waals surface area (Å²) < 4.78 is 0. The van der Waals surface area contributed by atoms with E-state index in [1.54, 1.807) is 0 Å². The van der Waals surface area contributed by atoms with Gasteiger partial charge in [-0.3, -0.25) is 4.79 Å². The van der Waals surface area contributed by atoms with Gasteiger partial charge < -0.3 is 10.6 Å². The van der Waals surface area contributed by atoms with E-state index >= 15 is 0 Å². The fourth-order valence-electron chi connectivity index (χ4n) is 1.59. The first kappa shape index (κ1) is 13.1. The maximum atomic E-state index is 11.2. The van der Waals surface area contributed by atoms with Crippen LogP contribution in [0.3, 0.4) is 0 Å². The zero-order valence-electron chi connectivity index (χ0n) is 10.7. The van der Waals surface area contributed by atoms with Crippen LogP contribution >= 0.6 is 0 Å². The molecule has 1 amide bonds. The zero-order chi connectivity index (χ0) is 12.2. The number of carbonyl (C=O) groups excluding carboxylic acids is 1. The molecular weight excluding hydrogens is 200 g/mol. The molecule has 3 nitrogen and oxygen atoms in total. The molecule has 2 N–H and O–H groups in total. The van der Waals surface area contributed by atoms with Crippen LogP contribution in [0.1, 0.15) is 40.5 Å². The second-order valence-electron chi connectivity index (χ2n) is 5.33. The van der Waals surface area contributed by atoms with Crippen LogP contribution in [0.25, 0.3) is 0 Å². The van der Waals surface area contributed by atoms with Crippen LogP contribution in [0.4, 0.5) is 0 Å². The molecule has 1 unspecified atom stereocenters. The Balaban J connectivity index is 2.40. The van der Waals surface area contributed by atoms with Crippen LogP contribution < -0.4 is 10.6 Å². The van der Waals surface area contributed by atoms with Crippen molar-refractivity contribution in [1.82, 2.24) is 10.6 Å². The Hall–Kier alpha value is -1.01. The molecule has 0 saturated carbocycles. The highest BCUT2D eigenvalue weighted by atomic mass is 16.1. The van der Waals surface area contributed by atoms with Gasteiger partial charge in [-0.1, -0.05) is 18.8 Å². The maximum Gasteiger partial charge on any atom is 0.219 e. The highest BCUT2D eigenvalue weighted by Crippen LogP contribution is 2.12. The Morgan fingerprint density at radius 1 is 1.50 bits per heavy atom. The minimum Gasteiger partial charge on any atom is -0.352 e. The summed E-state index contributed by atoms with van der Waals surface area (Å²) in [7, 11) is 0. The first-order chi connectivity index (χ1) is 7.40. The van der Waals surface area contributed by atoms with E-state index in [2.05, 4.69) is 43.2 Å². The lowest BCUT2D eigenvalue weighted by Gasteiger charge is -2.10. The van der Waals surface area contributed by atoms with E-state index in [-0.39, 0.29) is 23.4 Å². The number of hydrogen-bond acceptors (Lipinski definition) is 2. The van der Waals surface area contributed by atoms with Crippen LogP contribution in [0.15, 0.2) is 0 Å². The molecule has 0 bridgehead atoms. The first-order valence-corrected chi connectivity index (χ1v) is 5.96. The fraction of sp³-hybridized carbons (Fsp3) is 0.769. The SMILES string of the molecule is CCC(=O)N[C@@H]1CNC(C#CC(C)(C)C)C1. The molecule has 0 radical (unpaired) electrons. The second kappa shape index (κ2) is 5.36. The molecule has 3 heteroatoms. The molecule has 0 aromatic carbocycles. The van der Waals surface area contributed by atoms with Crippen molar-refractivity contribution >= 4 is 5.91 Å². The largest absolute Gasteiger partial charge is 0.352 e. The molecule has 0 spiro atoms. The van der Waals surface area contributed by atoms with Gasteiger partial charge in [0, 0.05) is 24.4 Å². The van der Waals surface area contributed by atoms with Crippen molar-refractivity contribution in [3.63, 3.8) is 0 Å². The summed E-state index contributed by atoms with van der Waals surface area (Å²) >= 11 is 0. The molecule has 0 aromatic rings. The Morgan fingerprint density at radius 2 is 2.19 bits per heavy atom. The minimum atomic E-state index is 0.0480. The normalized spacial score (nSPS) is 24.8. The fourth-order valence-corrected chi connectivity index (χ4v) is 1.59. The molecule has 1 saturated heterocycles. The molecule has 1 fully saturated rings. The lowest BCUT2D eigenvalue weighted by Crippen LogP contribution is -2.35. The van der Waals surface area contributed by atoms with E-state index in [0.717, 1.165) is 13.0 Å². The standard InChI is InChI=1S/C13H22N2O/c1-5-12(16)15-11-8-10(14-9-11)6-7-13(2,3)4/h10-11,14H,5,8-9H2,1-4H3,(H,15,16)/t10?,11-/m0/s1. The number of amides is 1. The Morgan fingerprint density at radius 3 is 2.75 bits per heavy atom. The molecule has 0 aromatic heterocycles. The van der Waals surface area contributed by atoms with Crippen molar-refractivity contribution in [2.45, 2.75) is 52.6 Å². The number of hydrogen-bond donors (Lipinski definition) is 2. The molecule has 1 heterocycles.